The van der Waals surface area contributed by atoms with E-state index in [1.807, 2.05) is 12.1 Å². The van der Waals surface area contributed by atoms with Crippen LogP contribution in [0.2, 0.25) is 5.02 Å². The number of sulfone groups is 1. The third kappa shape index (κ3) is 3.62. The molecule has 0 spiro atoms. The smallest absolute Gasteiger partial charge is 0.154 e. The number of anilines is 1. The first-order valence-corrected chi connectivity index (χ1v) is 8.38. The molecule has 1 aromatic rings. The number of nitrogens with one attached hydrogen (secondary N) is 1. The Bertz CT molecular complexity index is 478. The molecule has 1 aromatic carbocycles. The summed E-state index contributed by atoms with van der Waals surface area (Å²) in [5, 5.41) is 3.69. The zero-order valence-electron chi connectivity index (χ0n) is 10.2. The lowest BCUT2D eigenvalue weighted by Crippen LogP contribution is -2.25. The first-order valence-electron chi connectivity index (χ1n) is 6.29. The zero-order chi connectivity index (χ0) is 13.0. The standard InChI is InChI=1S/C13H18ClNO2S/c14-11-5-7-12(8-6-11)15-9-10-18(16,17)13-3-1-2-4-13/h5-8,13,15H,1-4,9-10H2. The van der Waals surface area contributed by atoms with Crippen LogP contribution in [0.3, 0.4) is 0 Å². The van der Waals surface area contributed by atoms with Crippen molar-refractivity contribution in [3.05, 3.63) is 29.3 Å². The summed E-state index contributed by atoms with van der Waals surface area (Å²) < 4.78 is 24.0. The average Bonchev–Trinajstić information content (AvgIpc) is 2.86. The van der Waals surface area contributed by atoms with Gasteiger partial charge in [0.15, 0.2) is 9.84 Å². The van der Waals surface area contributed by atoms with Gasteiger partial charge in [0.1, 0.15) is 0 Å². The highest BCUT2D eigenvalue weighted by molar-refractivity contribution is 7.92. The minimum atomic E-state index is -2.93. The Hall–Kier alpha value is -0.740. The Morgan fingerprint density at radius 2 is 1.78 bits per heavy atom. The second kappa shape index (κ2) is 5.93. The maximum atomic E-state index is 12.0. The molecule has 1 fully saturated rings. The van der Waals surface area contributed by atoms with E-state index in [1.165, 1.54) is 0 Å². The van der Waals surface area contributed by atoms with E-state index in [9.17, 15) is 8.42 Å². The van der Waals surface area contributed by atoms with Crippen LogP contribution in [-0.2, 0) is 9.84 Å². The summed E-state index contributed by atoms with van der Waals surface area (Å²) in [5.41, 5.74) is 0.904. The Labute approximate surface area is 113 Å². The van der Waals surface area contributed by atoms with Gasteiger partial charge in [0.05, 0.1) is 11.0 Å². The predicted molar refractivity (Wildman–Crippen MR) is 76.0 cm³/mol. The summed E-state index contributed by atoms with van der Waals surface area (Å²) in [6.45, 7) is 0.459. The van der Waals surface area contributed by atoms with Crippen LogP contribution in [0.15, 0.2) is 24.3 Å². The van der Waals surface area contributed by atoms with Crippen molar-refractivity contribution in [3.8, 4) is 0 Å². The molecule has 1 saturated carbocycles. The van der Waals surface area contributed by atoms with Gasteiger partial charge in [-0.05, 0) is 37.1 Å². The topological polar surface area (TPSA) is 46.2 Å². The second-order valence-corrected chi connectivity index (χ2v) is 7.54. The highest BCUT2D eigenvalue weighted by Gasteiger charge is 2.27. The van der Waals surface area contributed by atoms with E-state index >= 15 is 0 Å². The monoisotopic (exact) mass is 287 g/mol. The van der Waals surface area contributed by atoms with Crippen molar-refractivity contribution < 1.29 is 8.42 Å². The number of halogens is 1. The number of hydrogen-bond donors (Lipinski definition) is 1. The molecule has 5 heteroatoms. The molecule has 1 N–H and O–H groups in total. The fourth-order valence-corrected chi connectivity index (χ4v) is 4.22. The van der Waals surface area contributed by atoms with Gasteiger partial charge in [0, 0.05) is 17.3 Å². The van der Waals surface area contributed by atoms with Crippen molar-refractivity contribution in [2.24, 2.45) is 0 Å². The fraction of sp³-hybridized carbons (Fsp3) is 0.538. The molecular weight excluding hydrogens is 270 g/mol. The quantitative estimate of drug-likeness (QED) is 0.905. The molecule has 0 bridgehead atoms. The van der Waals surface area contributed by atoms with E-state index in [-0.39, 0.29) is 11.0 Å². The molecule has 0 aromatic heterocycles. The summed E-state index contributed by atoms with van der Waals surface area (Å²) in [5.74, 6) is 0.209. The lowest BCUT2D eigenvalue weighted by molar-refractivity contribution is 0.580. The summed E-state index contributed by atoms with van der Waals surface area (Å²) in [6, 6.07) is 7.28. The van der Waals surface area contributed by atoms with E-state index < -0.39 is 9.84 Å². The lowest BCUT2D eigenvalue weighted by atomic mass is 10.3. The minimum absolute atomic E-state index is 0.107. The average molecular weight is 288 g/mol. The molecular formula is C13H18ClNO2S. The molecule has 0 amide bonds. The fourth-order valence-electron chi connectivity index (χ4n) is 2.32. The zero-order valence-corrected chi connectivity index (χ0v) is 11.8. The Kier molecular flexibility index (Phi) is 4.51. The Morgan fingerprint density at radius 1 is 1.17 bits per heavy atom. The predicted octanol–water partition coefficient (Wildman–Crippen LogP) is 3.11. The van der Waals surface area contributed by atoms with E-state index in [4.69, 9.17) is 11.6 Å². The molecule has 0 saturated heterocycles. The Balaban J connectivity index is 1.82. The molecule has 3 nitrogen and oxygen atoms in total. The third-order valence-corrected chi connectivity index (χ3v) is 5.88. The summed E-state index contributed by atoms with van der Waals surface area (Å²) in [4.78, 5) is 0. The number of hydrogen-bond acceptors (Lipinski definition) is 3. The van der Waals surface area contributed by atoms with Crippen molar-refractivity contribution in [2.75, 3.05) is 17.6 Å². The second-order valence-electron chi connectivity index (χ2n) is 4.71. The van der Waals surface area contributed by atoms with Crippen molar-refractivity contribution in [2.45, 2.75) is 30.9 Å². The van der Waals surface area contributed by atoms with Gasteiger partial charge in [-0.1, -0.05) is 24.4 Å². The molecule has 0 aliphatic heterocycles. The minimum Gasteiger partial charge on any atom is -0.384 e. The first-order chi connectivity index (χ1) is 8.58. The molecule has 100 valence electrons. The third-order valence-electron chi connectivity index (χ3n) is 3.37. The first kappa shape index (κ1) is 13.7. The van der Waals surface area contributed by atoms with Gasteiger partial charge < -0.3 is 5.32 Å². The van der Waals surface area contributed by atoms with Crippen LogP contribution in [0.1, 0.15) is 25.7 Å². The largest absolute Gasteiger partial charge is 0.384 e. The van der Waals surface area contributed by atoms with Crippen molar-refractivity contribution >= 4 is 27.1 Å². The SMILES string of the molecule is O=S(=O)(CCNc1ccc(Cl)cc1)C1CCCC1. The molecule has 1 aliphatic carbocycles. The molecule has 0 heterocycles. The normalized spacial score (nSPS) is 16.9. The van der Waals surface area contributed by atoms with Gasteiger partial charge in [-0.25, -0.2) is 8.42 Å². The van der Waals surface area contributed by atoms with Crippen LogP contribution in [0, 0.1) is 0 Å². The highest BCUT2D eigenvalue weighted by atomic mass is 35.5. The molecule has 1 aliphatic rings. The summed E-state index contributed by atoms with van der Waals surface area (Å²) in [7, 11) is -2.93. The van der Waals surface area contributed by atoms with E-state index in [2.05, 4.69) is 5.32 Å². The van der Waals surface area contributed by atoms with Crippen LogP contribution in [-0.4, -0.2) is 26.0 Å². The number of rotatable bonds is 5. The Morgan fingerprint density at radius 3 is 2.39 bits per heavy atom. The van der Waals surface area contributed by atoms with Gasteiger partial charge in [-0.2, -0.15) is 0 Å². The summed E-state index contributed by atoms with van der Waals surface area (Å²) >= 11 is 5.78. The van der Waals surface area contributed by atoms with Crippen LogP contribution in [0.25, 0.3) is 0 Å². The molecule has 18 heavy (non-hydrogen) atoms. The van der Waals surface area contributed by atoms with Crippen molar-refractivity contribution in [3.63, 3.8) is 0 Å². The van der Waals surface area contributed by atoms with Gasteiger partial charge in [0.2, 0.25) is 0 Å². The van der Waals surface area contributed by atoms with Gasteiger partial charge in [-0.3, -0.25) is 0 Å². The van der Waals surface area contributed by atoms with Gasteiger partial charge in [0.25, 0.3) is 0 Å². The lowest BCUT2D eigenvalue weighted by Gasteiger charge is -2.12. The van der Waals surface area contributed by atoms with Crippen molar-refractivity contribution in [1.82, 2.24) is 0 Å². The number of benzene rings is 1. The maximum absolute atomic E-state index is 12.0. The van der Waals surface area contributed by atoms with E-state index in [1.54, 1.807) is 12.1 Å². The van der Waals surface area contributed by atoms with Crippen LogP contribution in [0.5, 0.6) is 0 Å². The van der Waals surface area contributed by atoms with Crippen molar-refractivity contribution in [1.29, 1.82) is 0 Å². The van der Waals surface area contributed by atoms with Crippen LogP contribution < -0.4 is 5.32 Å². The van der Waals surface area contributed by atoms with Crippen LogP contribution >= 0.6 is 11.6 Å². The van der Waals surface area contributed by atoms with E-state index in [0.29, 0.717) is 11.6 Å². The molecule has 0 unspecified atom stereocenters. The molecule has 0 atom stereocenters. The molecule has 2 rings (SSSR count). The highest BCUT2D eigenvalue weighted by Crippen LogP contribution is 2.25. The summed E-state index contributed by atoms with van der Waals surface area (Å²) in [6.07, 6.45) is 3.77. The van der Waals surface area contributed by atoms with Gasteiger partial charge >= 0.3 is 0 Å². The van der Waals surface area contributed by atoms with Crippen LogP contribution in [0.4, 0.5) is 5.69 Å². The van der Waals surface area contributed by atoms with Gasteiger partial charge in [-0.15, -0.1) is 0 Å². The maximum Gasteiger partial charge on any atom is 0.154 e. The molecule has 0 radical (unpaired) electrons. The van der Waals surface area contributed by atoms with E-state index in [0.717, 1.165) is 31.4 Å².